The Kier molecular flexibility index (Phi) is 3.34. The highest BCUT2D eigenvalue weighted by molar-refractivity contribution is 6.00. The van der Waals surface area contributed by atoms with Gasteiger partial charge in [-0.3, -0.25) is 4.79 Å². The minimum absolute atomic E-state index is 0.107. The molecule has 0 heterocycles. The molecule has 1 aromatic carbocycles. The van der Waals surface area contributed by atoms with Crippen LogP contribution in [0.2, 0.25) is 0 Å². The molecule has 14 heavy (non-hydrogen) atoms. The lowest BCUT2D eigenvalue weighted by atomic mass is 10.1. The van der Waals surface area contributed by atoms with Crippen LogP contribution in [0.15, 0.2) is 18.2 Å². The molecule has 76 valence electrons. The number of nitrogens with one attached hydrogen (secondary N) is 2. The molecule has 0 aliphatic carbocycles. The van der Waals surface area contributed by atoms with Crippen molar-refractivity contribution < 1.29 is 4.79 Å². The topological polar surface area (TPSA) is 67.2 Å². The first-order valence-electron chi connectivity index (χ1n) is 4.54. The van der Waals surface area contributed by atoms with Crippen LogP contribution in [0.25, 0.3) is 0 Å². The van der Waals surface area contributed by atoms with Crippen molar-refractivity contribution in [2.24, 2.45) is 0 Å². The van der Waals surface area contributed by atoms with Crippen molar-refractivity contribution >= 4 is 17.3 Å². The first-order chi connectivity index (χ1) is 6.69. The van der Waals surface area contributed by atoms with E-state index in [0.29, 0.717) is 17.8 Å². The quantitative estimate of drug-likeness (QED) is 0.629. The van der Waals surface area contributed by atoms with Gasteiger partial charge in [-0.15, -0.1) is 0 Å². The second kappa shape index (κ2) is 4.50. The highest BCUT2D eigenvalue weighted by atomic mass is 16.1. The van der Waals surface area contributed by atoms with Gasteiger partial charge in [0, 0.05) is 25.0 Å². The van der Waals surface area contributed by atoms with Gasteiger partial charge in [0.2, 0.25) is 0 Å². The second-order valence-corrected chi connectivity index (χ2v) is 2.91. The second-order valence-electron chi connectivity index (χ2n) is 2.91. The van der Waals surface area contributed by atoms with Crippen LogP contribution in [-0.2, 0) is 0 Å². The lowest BCUT2D eigenvalue weighted by Crippen LogP contribution is -2.23. The van der Waals surface area contributed by atoms with E-state index in [1.807, 2.05) is 6.92 Å². The average molecular weight is 193 g/mol. The molecule has 0 bridgehead atoms. The van der Waals surface area contributed by atoms with E-state index in [-0.39, 0.29) is 5.91 Å². The molecule has 0 aliphatic heterocycles. The van der Waals surface area contributed by atoms with Crippen molar-refractivity contribution in [1.29, 1.82) is 0 Å². The van der Waals surface area contributed by atoms with Crippen LogP contribution in [0.4, 0.5) is 11.4 Å². The van der Waals surface area contributed by atoms with Crippen molar-refractivity contribution in [2.45, 2.75) is 6.92 Å². The minimum atomic E-state index is -0.107. The van der Waals surface area contributed by atoms with E-state index in [4.69, 9.17) is 5.73 Å². The molecule has 4 heteroatoms. The zero-order chi connectivity index (χ0) is 10.6. The van der Waals surface area contributed by atoms with Crippen molar-refractivity contribution in [3.63, 3.8) is 0 Å². The van der Waals surface area contributed by atoms with Gasteiger partial charge in [0.05, 0.1) is 5.56 Å². The number of nitrogen functional groups attached to an aromatic ring is 1. The lowest BCUT2D eigenvalue weighted by molar-refractivity contribution is 0.0956. The van der Waals surface area contributed by atoms with E-state index in [2.05, 4.69) is 10.6 Å². The molecular formula is C10H15N3O. The van der Waals surface area contributed by atoms with Gasteiger partial charge < -0.3 is 16.4 Å². The molecule has 0 aliphatic rings. The van der Waals surface area contributed by atoms with Gasteiger partial charge in [-0.1, -0.05) is 0 Å². The number of rotatable bonds is 3. The summed E-state index contributed by atoms with van der Waals surface area (Å²) in [5.74, 6) is -0.107. The lowest BCUT2D eigenvalue weighted by Gasteiger charge is -2.09. The highest BCUT2D eigenvalue weighted by Gasteiger charge is 2.09. The number of nitrogens with two attached hydrogens (primary N) is 1. The molecule has 0 unspecified atom stereocenters. The summed E-state index contributed by atoms with van der Waals surface area (Å²) in [5, 5.41) is 5.67. The SMILES string of the molecule is CCNC(=O)c1cc(N)ccc1NC. The van der Waals surface area contributed by atoms with Crippen LogP contribution in [-0.4, -0.2) is 19.5 Å². The monoisotopic (exact) mass is 193 g/mol. The molecule has 0 radical (unpaired) electrons. The van der Waals surface area contributed by atoms with Gasteiger partial charge in [0.1, 0.15) is 0 Å². The Hall–Kier alpha value is -1.71. The molecule has 0 saturated heterocycles. The highest BCUT2D eigenvalue weighted by Crippen LogP contribution is 2.17. The maximum absolute atomic E-state index is 11.6. The number of hydrogen-bond acceptors (Lipinski definition) is 3. The third kappa shape index (κ3) is 2.16. The summed E-state index contributed by atoms with van der Waals surface area (Å²) in [5.41, 5.74) is 7.56. The van der Waals surface area contributed by atoms with E-state index in [1.165, 1.54) is 0 Å². The molecule has 0 spiro atoms. The maximum Gasteiger partial charge on any atom is 0.253 e. The molecule has 0 fully saturated rings. The van der Waals surface area contributed by atoms with Crippen LogP contribution in [0.1, 0.15) is 17.3 Å². The van der Waals surface area contributed by atoms with Crippen molar-refractivity contribution in [1.82, 2.24) is 5.32 Å². The summed E-state index contributed by atoms with van der Waals surface area (Å²) < 4.78 is 0. The molecular weight excluding hydrogens is 178 g/mol. The van der Waals surface area contributed by atoms with Crippen LogP contribution in [0, 0.1) is 0 Å². The van der Waals surface area contributed by atoms with Crippen molar-refractivity contribution in [2.75, 3.05) is 24.6 Å². The zero-order valence-corrected chi connectivity index (χ0v) is 8.42. The Morgan fingerprint density at radius 1 is 1.50 bits per heavy atom. The first-order valence-corrected chi connectivity index (χ1v) is 4.54. The Bertz CT molecular complexity index is 336. The Balaban J connectivity index is 3.03. The number of hydrogen-bond donors (Lipinski definition) is 3. The largest absolute Gasteiger partial charge is 0.399 e. The van der Waals surface area contributed by atoms with Crippen LogP contribution < -0.4 is 16.4 Å². The van der Waals surface area contributed by atoms with Gasteiger partial charge in [-0.2, -0.15) is 0 Å². The van der Waals surface area contributed by atoms with E-state index in [1.54, 1.807) is 25.2 Å². The molecule has 4 N–H and O–H groups in total. The third-order valence-electron chi connectivity index (χ3n) is 1.89. The van der Waals surface area contributed by atoms with E-state index in [9.17, 15) is 4.79 Å². The Labute approximate surface area is 83.5 Å². The van der Waals surface area contributed by atoms with Crippen molar-refractivity contribution in [3.8, 4) is 0 Å². The number of amides is 1. The van der Waals surface area contributed by atoms with Crippen LogP contribution in [0.3, 0.4) is 0 Å². The predicted molar refractivity (Wildman–Crippen MR) is 58.4 cm³/mol. The summed E-state index contributed by atoms with van der Waals surface area (Å²) >= 11 is 0. The number of anilines is 2. The summed E-state index contributed by atoms with van der Waals surface area (Å²) in [6.45, 7) is 2.49. The van der Waals surface area contributed by atoms with Crippen LogP contribution >= 0.6 is 0 Å². The smallest absolute Gasteiger partial charge is 0.253 e. The molecule has 0 atom stereocenters. The molecule has 1 amide bonds. The van der Waals surface area contributed by atoms with E-state index in [0.717, 1.165) is 5.69 Å². The number of benzene rings is 1. The normalized spacial score (nSPS) is 9.57. The summed E-state index contributed by atoms with van der Waals surface area (Å²) in [6.07, 6.45) is 0. The van der Waals surface area contributed by atoms with Gasteiger partial charge in [-0.05, 0) is 25.1 Å². The molecule has 1 rings (SSSR count). The first kappa shape index (κ1) is 10.4. The fourth-order valence-corrected chi connectivity index (χ4v) is 1.22. The van der Waals surface area contributed by atoms with Crippen molar-refractivity contribution in [3.05, 3.63) is 23.8 Å². The van der Waals surface area contributed by atoms with Gasteiger partial charge >= 0.3 is 0 Å². The minimum Gasteiger partial charge on any atom is -0.399 e. The average Bonchev–Trinajstić information content (AvgIpc) is 2.18. The van der Waals surface area contributed by atoms with E-state index < -0.39 is 0 Å². The summed E-state index contributed by atoms with van der Waals surface area (Å²) in [4.78, 5) is 11.6. The predicted octanol–water partition coefficient (Wildman–Crippen LogP) is 1.06. The fourth-order valence-electron chi connectivity index (χ4n) is 1.22. The molecule has 0 saturated carbocycles. The zero-order valence-electron chi connectivity index (χ0n) is 8.42. The van der Waals surface area contributed by atoms with Gasteiger partial charge in [0.25, 0.3) is 5.91 Å². The number of carbonyl (C=O) groups excluding carboxylic acids is 1. The Morgan fingerprint density at radius 2 is 2.21 bits per heavy atom. The Morgan fingerprint density at radius 3 is 2.79 bits per heavy atom. The van der Waals surface area contributed by atoms with Crippen LogP contribution in [0.5, 0.6) is 0 Å². The third-order valence-corrected chi connectivity index (χ3v) is 1.89. The van der Waals surface area contributed by atoms with Gasteiger partial charge in [-0.25, -0.2) is 0 Å². The standard InChI is InChI=1S/C10H15N3O/c1-3-13-10(14)8-6-7(11)4-5-9(8)12-2/h4-6,12H,3,11H2,1-2H3,(H,13,14). The number of carbonyl (C=O) groups is 1. The summed E-state index contributed by atoms with van der Waals surface area (Å²) in [7, 11) is 1.77. The molecule has 4 nitrogen and oxygen atoms in total. The molecule has 0 aromatic heterocycles. The summed E-state index contributed by atoms with van der Waals surface area (Å²) in [6, 6.07) is 5.21. The maximum atomic E-state index is 11.6. The fraction of sp³-hybridized carbons (Fsp3) is 0.300. The van der Waals surface area contributed by atoms with Gasteiger partial charge in [0.15, 0.2) is 0 Å². The molecule has 1 aromatic rings. The van der Waals surface area contributed by atoms with E-state index >= 15 is 0 Å².